The zero-order valence-electron chi connectivity index (χ0n) is 16.4. The van der Waals surface area contributed by atoms with Crippen LogP contribution in [0.4, 0.5) is 10.1 Å². The van der Waals surface area contributed by atoms with Gasteiger partial charge < -0.3 is 5.32 Å². The molecule has 0 unspecified atom stereocenters. The molecule has 150 valence electrons. The van der Waals surface area contributed by atoms with Crippen molar-refractivity contribution < 1.29 is 9.18 Å². The molecule has 0 radical (unpaired) electrons. The number of carbonyl (C=O) groups excluding carboxylic acids is 1. The molecule has 1 N–H and O–H groups in total. The zero-order chi connectivity index (χ0) is 20.4. The highest BCUT2D eigenvalue weighted by Gasteiger charge is 2.30. The van der Waals surface area contributed by atoms with Gasteiger partial charge in [0, 0.05) is 22.5 Å². The molecule has 0 aliphatic heterocycles. The van der Waals surface area contributed by atoms with Gasteiger partial charge in [0.25, 0.3) is 0 Å². The van der Waals surface area contributed by atoms with Gasteiger partial charge in [-0.05, 0) is 73.4 Å². The number of para-hydroxylation sites is 1. The van der Waals surface area contributed by atoms with E-state index in [1.807, 2.05) is 25.3 Å². The highest BCUT2D eigenvalue weighted by molar-refractivity contribution is 6.30. The molecule has 29 heavy (non-hydrogen) atoms. The van der Waals surface area contributed by atoms with Crippen LogP contribution >= 0.6 is 11.6 Å². The van der Waals surface area contributed by atoms with Crippen molar-refractivity contribution in [1.82, 2.24) is 4.98 Å². The molecule has 2 aromatic carbocycles. The van der Waals surface area contributed by atoms with Crippen LogP contribution in [-0.4, -0.2) is 10.9 Å². The number of hydrogen-bond donors (Lipinski definition) is 1. The summed E-state index contributed by atoms with van der Waals surface area (Å²) in [5.41, 5.74) is 2.57. The number of hydrogen-bond acceptors (Lipinski definition) is 2. The van der Waals surface area contributed by atoms with E-state index in [-0.39, 0.29) is 17.5 Å². The number of rotatable bonds is 4. The first-order chi connectivity index (χ1) is 14.0. The maximum Gasteiger partial charge on any atom is 0.227 e. The van der Waals surface area contributed by atoms with Crippen LogP contribution < -0.4 is 5.32 Å². The van der Waals surface area contributed by atoms with Crippen molar-refractivity contribution >= 4 is 34.1 Å². The van der Waals surface area contributed by atoms with Gasteiger partial charge in [0.15, 0.2) is 0 Å². The third kappa shape index (κ3) is 4.27. The molecule has 0 bridgehead atoms. The lowest BCUT2D eigenvalue weighted by molar-refractivity contribution is -0.121. The summed E-state index contributed by atoms with van der Waals surface area (Å²) >= 11 is 5.78. The summed E-state index contributed by atoms with van der Waals surface area (Å²) in [5, 5.41) is 4.26. The van der Waals surface area contributed by atoms with Crippen LogP contribution in [0, 0.1) is 17.7 Å². The summed E-state index contributed by atoms with van der Waals surface area (Å²) in [6, 6.07) is 14.7. The standard InChI is InChI=1S/C24H24ClFN2O/c1-15(24(29)28-23-11-10-18(25)14-21(23)26)16-6-8-17(9-7-16)19-12-13-27-22-5-3-2-4-20(19)22/h2-5,10-17H,6-9H2,1H3,(H,28,29)/t15-,16?,17?/m1/s1. The zero-order valence-corrected chi connectivity index (χ0v) is 17.1. The predicted octanol–water partition coefficient (Wildman–Crippen LogP) is 6.58. The number of nitrogens with one attached hydrogen (secondary N) is 1. The van der Waals surface area contributed by atoms with Crippen LogP contribution in [0.1, 0.15) is 44.1 Å². The van der Waals surface area contributed by atoms with E-state index in [2.05, 4.69) is 28.5 Å². The van der Waals surface area contributed by atoms with Crippen LogP contribution in [0.2, 0.25) is 5.02 Å². The molecule has 1 fully saturated rings. The number of nitrogens with zero attached hydrogens (tertiary/aromatic N) is 1. The normalized spacial score (nSPS) is 20.4. The Morgan fingerprint density at radius 1 is 1.14 bits per heavy atom. The second-order valence-electron chi connectivity index (χ2n) is 7.93. The van der Waals surface area contributed by atoms with E-state index in [1.165, 1.54) is 23.1 Å². The monoisotopic (exact) mass is 410 g/mol. The Bertz CT molecular complexity index is 1030. The highest BCUT2D eigenvalue weighted by atomic mass is 35.5. The Morgan fingerprint density at radius 2 is 1.90 bits per heavy atom. The molecular formula is C24H24ClFN2O. The third-order valence-corrected chi connectivity index (χ3v) is 6.44. The Morgan fingerprint density at radius 3 is 2.66 bits per heavy atom. The van der Waals surface area contributed by atoms with E-state index >= 15 is 0 Å². The molecule has 5 heteroatoms. The Hall–Kier alpha value is -2.46. The van der Waals surface area contributed by atoms with Gasteiger partial charge in [-0.1, -0.05) is 36.7 Å². The fraction of sp³-hybridized carbons (Fsp3) is 0.333. The number of aromatic nitrogens is 1. The van der Waals surface area contributed by atoms with E-state index in [0.29, 0.717) is 16.9 Å². The largest absolute Gasteiger partial charge is 0.323 e. The maximum absolute atomic E-state index is 14.0. The fourth-order valence-electron chi connectivity index (χ4n) is 4.46. The maximum atomic E-state index is 14.0. The van der Waals surface area contributed by atoms with Crippen molar-refractivity contribution in [3.05, 3.63) is 71.1 Å². The smallest absolute Gasteiger partial charge is 0.227 e. The van der Waals surface area contributed by atoms with Gasteiger partial charge in [0.05, 0.1) is 11.2 Å². The molecule has 1 saturated carbocycles. The first kappa shape index (κ1) is 19.8. The first-order valence-corrected chi connectivity index (χ1v) is 10.5. The van der Waals surface area contributed by atoms with Crippen molar-refractivity contribution in [3.8, 4) is 0 Å². The molecule has 1 atom stereocenters. The van der Waals surface area contributed by atoms with E-state index in [4.69, 9.17) is 11.6 Å². The topological polar surface area (TPSA) is 42.0 Å². The van der Waals surface area contributed by atoms with Gasteiger partial charge in [0.2, 0.25) is 5.91 Å². The van der Waals surface area contributed by atoms with E-state index in [1.54, 1.807) is 6.07 Å². The van der Waals surface area contributed by atoms with Crippen molar-refractivity contribution in [1.29, 1.82) is 0 Å². The van der Waals surface area contributed by atoms with E-state index in [0.717, 1.165) is 31.2 Å². The van der Waals surface area contributed by atoms with Gasteiger partial charge in [-0.3, -0.25) is 9.78 Å². The minimum atomic E-state index is -0.508. The van der Waals surface area contributed by atoms with Gasteiger partial charge in [-0.15, -0.1) is 0 Å². The number of amides is 1. The molecule has 1 aliphatic carbocycles. The molecule has 0 spiro atoms. The second kappa shape index (κ2) is 8.50. The second-order valence-corrected chi connectivity index (χ2v) is 8.37. The summed E-state index contributed by atoms with van der Waals surface area (Å²) < 4.78 is 14.0. The summed E-state index contributed by atoms with van der Waals surface area (Å²) in [6.07, 6.45) is 5.95. The van der Waals surface area contributed by atoms with Gasteiger partial charge >= 0.3 is 0 Å². The van der Waals surface area contributed by atoms with Crippen molar-refractivity contribution in [2.45, 2.75) is 38.5 Å². The molecule has 1 aliphatic rings. The van der Waals surface area contributed by atoms with Gasteiger partial charge in [-0.2, -0.15) is 0 Å². The number of benzene rings is 2. The lowest BCUT2D eigenvalue weighted by Gasteiger charge is -2.32. The molecule has 1 amide bonds. The summed E-state index contributed by atoms with van der Waals surface area (Å²) in [5.74, 6) is -0.0200. The Labute approximate surface area is 175 Å². The van der Waals surface area contributed by atoms with Crippen LogP contribution in [0.5, 0.6) is 0 Å². The van der Waals surface area contributed by atoms with E-state index in [9.17, 15) is 9.18 Å². The third-order valence-electron chi connectivity index (χ3n) is 6.20. The average molecular weight is 411 g/mol. The minimum absolute atomic E-state index is 0.135. The molecule has 4 rings (SSSR count). The molecular weight excluding hydrogens is 387 g/mol. The van der Waals surface area contributed by atoms with Crippen molar-refractivity contribution in [2.75, 3.05) is 5.32 Å². The lowest BCUT2D eigenvalue weighted by atomic mass is 9.73. The van der Waals surface area contributed by atoms with Crippen LogP contribution in [0.3, 0.4) is 0 Å². The fourth-order valence-corrected chi connectivity index (χ4v) is 4.61. The van der Waals surface area contributed by atoms with Gasteiger partial charge in [-0.25, -0.2) is 4.39 Å². The molecule has 3 nitrogen and oxygen atoms in total. The summed E-state index contributed by atoms with van der Waals surface area (Å²) in [6.45, 7) is 1.94. The van der Waals surface area contributed by atoms with Crippen molar-refractivity contribution in [3.63, 3.8) is 0 Å². The van der Waals surface area contributed by atoms with Crippen LogP contribution in [0.25, 0.3) is 10.9 Å². The summed E-state index contributed by atoms with van der Waals surface area (Å²) in [7, 11) is 0. The first-order valence-electron chi connectivity index (χ1n) is 10.1. The summed E-state index contributed by atoms with van der Waals surface area (Å²) in [4.78, 5) is 17.1. The quantitative estimate of drug-likeness (QED) is 0.528. The van der Waals surface area contributed by atoms with Crippen LogP contribution in [-0.2, 0) is 4.79 Å². The SMILES string of the molecule is C[C@@H](C(=O)Nc1ccc(Cl)cc1F)C1CCC(c2ccnc3ccccc23)CC1. The molecule has 1 aromatic heterocycles. The Balaban J connectivity index is 1.40. The van der Waals surface area contributed by atoms with Crippen molar-refractivity contribution in [2.24, 2.45) is 11.8 Å². The lowest BCUT2D eigenvalue weighted by Crippen LogP contribution is -2.30. The number of anilines is 1. The highest BCUT2D eigenvalue weighted by Crippen LogP contribution is 2.40. The number of fused-ring (bicyclic) bond motifs is 1. The van der Waals surface area contributed by atoms with E-state index < -0.39 is 5.82 Å². The van der Waals surface area contributed by atoms with Gasteiger partial charge in [0.1, 0.15) is 5.82 Å². The molecule has 3 aromatic rings. The molecule has 1 heterocycles. The number of carbonyl (C=O) groups is 1. The minimum Gasteiger partial charge on any atom is -0.323 e. The predicted molar refractivity (Wildman–Crippen MR) is 116 cm³/mol. The van der Waals surface area contributed by atoms with Crippen LogP contribution in [0.15, 0.2) is 54.7 Å². The average Bonchev–Trinajstić information content (AvgIpc) is 2.75. The Kier molecular flexibility index (Phi) is 5.81. The number of pyridine rings is 1. The molecule has 0 saturated heterocycles. The number of halogens is 2.